The van der Waals surface area contributed by atoms with E-state index in [0.717, 1.165) is 11.1 Å². The highest BCUT2D eigenvalue weighted by Gasteiger charge is 2.55. The quantitative estimate of drug-likeness (QED) is 0.117. The number of benzene rings is 3. The van der Waals surface area contributed by atoms with Crippen molar-refractivity contribution in [2.75, 3.05) is 12.4 Å². The van der Waals surface area contributed by atoms with Crippen molar-refractivity contribution in [2.45, 2.75) is 56.9 Å². The Bertz CT molecular complexity index is 1730. The first kappa shape index (κ1) is 35.9. The van der Waals surface area contributed by atoms with Gasteiger partial charge in [0.1, 0.15) is 28.8 Å². The van der Waals surface area contributed by atoms with Crippen molar-refractivity contribution < 1.29 is 38.2 Å². The first-order valence-corrected chi connectivity index (χ1v) is 17.2. The molecule has 0 saturated carbocycles. The maximum absolute atomic E-state index is 14.1. The number of nitrogens with zero attached hydrogens (tertiary/aromatic N) is 1. The maximum atomic E-state index is 14.1. The number of thioether (sulfide) groups is 1. The zero-order valence-electron chi connectivity index (χ0n) is 28.2. The van der Waals surface area contributed by atoms with Crippen molar-refractivity contribution in [1.82, 2.24) is 15.5 Å². The van der Waals surface area contributed by atoms with Gasteiger partial charge in [-0.25, -0.2) is 14.4 Å². The standard InChI is InChI=1S/C38H39N3O8S/c1-5-47-28(42)22-21-27-23-50-35-30(39-33(43)29(24-15-9-6-10-16-24)40-37(46)49-38(2,3)4)34(44)41(35)31(27)36(45)48-32(25-17-11-7-12-18-25)26-19-13-8-14-20-26/h6-22,29-30,32,35H,5,23H2,1-4H3,(H,39,43)(H,40,46)/b22-21+/t29?,30-,35-/m1/s1. The number of rotatable bonds is 11. The van der Waals surface area contributed by atoms with Gasteiger partial charge in [-0.2, -0.15) is 0 Å². The third-order valence-electron chi connectivity index (χ3n) is 7.68. The van der Waals surface area contributed by atoms with Crippen LogP contribution in [0.1, 0.15) is 56.5 Å². The maximum Gasteiger partial charge on any atom is 0.408 e. The van der Waals surface area contributed by atoms with Crippen LogP contribution in [0.2, 0.25) is 0 Å². The minimum Gasteiger partial charge on any atom is -0.463 e. The zero-order chi connectivity index (χ0) is 35.8. The lowest BCUT2D eigenvalue weighted by molar-refractivity contribution is -0.154. The molecule has 50 heavy (non-hydrogen) atoms. The number of fused-ring (bicyclic) bond motifs is 1. The molecule has 2 heterocycles. The molecule has 11 nitrogen and oxygen atoms in total. The molecular weight excluding hydrogens is 658 g/mol. The van der Waals surface area contributed by atoms with Crippen molar-refractivity contribution in [3.8, 4) is 0 Å². The van der Waals surface area contributed by atoms with Crippen LogP contribution >= 0.6 is 11.8 Å². The molecule has 0 aromatic heterocycles. The molecule has 0 bridgehead atoms. The normalized spacial score (nSPS) is 17.8. The van der Waals surface area contributed by atoms with Crippen molar-refractivity contribution in [3.63, 3.8) is 0 Å². The number of β-lactam (4-membered cyclic amide) rings is 1. The Morgan fingerprint density at radius 1 is 0.900 bits per heavy atom. The third-order valence-corrected chi connectivity index (χ3v) is 8.98. The Balaban J connectivity index is 1.42. The summed E-state index contributed by atoms with van der Waals surface area (Å²) in [7, 11) is 0. The number of allylic oxidation sites excluding steroid dienone is 1. The second kappa shape index (κ2) is 15.9. The predicted octanol–water partition coefficient (Wildman–Crippen LogP) is 5.36. The van der Waals surface area contributed by atoms with E-state index in [1.807, 2.05) is 60.7 Å². The molecule has 3 aromatic carbocycles. The fourth-order valence-electron chi connectivity index (χ4n) is 5.47. The molecule has 0 spiro atoms. The summed E-state index contributed by atoms with van der Waals surface area (Å²) in [6.45, 7) is 6.98. The molecule has 1 unspecified atom stereocenters. The molecule has 3 aromatic rings. The molecule has 0 radical (unpaired) electrons. The van der Waals surface area contributed by atoms with E-state index in [-0.39, 0.29) is 18.1 Å². The highest BCUT2D eigenvalue weighted by Crippen LogP contribution is 2.42. The first-order valence-electron chi connectivity index (χ1n) is 16.1. The minimum absolute atomic E-state index is 0.0341. The average molecular weight is 698 g/mol. The van der Waals surface area contributed by atoms with E-state index >= 15 is 0 Å². The molecular formula is C38H39N3O8S. The third kappa shape index (κ3) is 8.61. The number of esters is 2. The van der Waals surface area contributed by atoms with Crippen molar-refractivity contribution in [2.24, 2.45) is 0 Å². The Morgan fingerprint density at radius 2 is 1.46 bits per heavy atom. The van der Waals surface area contributed by atoms with Crippen molar-refractivity contribution >= 4 is 41.6 Å². The molecule has 260 valence electrons. The van der Waals surface area contributed by atoms with Gasteiger partial charge in [0.05, 0.1) is 6.61 Å². The van der Waals surface area contributed by atoms with Crippen molar-refractivity contribution in [3.05, 3.63) is 131 Å². The van der Waals surface area contributed by atoms with Gasteiger partial charge in [0.25, 0.3) is 5.91 Å². The van der Waals surface area contributed by atoms with E-state index < -0.39 is 59.0 Å². The van der Waals surface area contributed by atoms with Crippen LogP contribution in [0, 0.1) is 0 Å². The molecule has 1 saturated heterocycles. The van der Waals surface area contributed by atoms with E-state index in [1.165, 1.54) is 28.8 Å². The number of hydrogen-bond acceptors (Lipinski definition) is 9. The summed E-state index contributed by atoms with van der Waals surface area (Å²) in [6, 6.07) is 24.9. The summed E-state index contributed by atoms with van der Waals surface area (Å²) < 4.78 is 16.6. The highest BCUT2D eigenvalue weighted by molar-refractivity contribution is 8.00. The smallest absolute Gasteiger partial charge is 0.408 e. The van der Waals surface area contributed by atoms with Gasteiger partial charge in [0.15, 0.2) is 6.10 Å². The first-order chi connectivity index (χ1) is 24.0. The molecule has 2 aliphatic heterocycles. The summed E-state index contributed by atoms with van der Waals surface area (Å²) >= 11 is 1.31. The van der Waals surface area contributed by atoms with Gasteiger partial charge in [0.2, 0.25) is 5.91 Å². The SMILES string of the molecule is CCOC(=O)/C=C/C1=C(C(=O)OC(c2ccccc2)c2ccccc2)N2C(=O)[C@@H](NC(=O)C(NC(=O)OC(C)(C)C)c3ccccc3)[C@H]2SC1. The lowest BCUT2D eigenvalue weighted by Gasteiger charge is -2.49. The van der Waals surface area contributed by atoms with Gasteiger partial charge >= 0.3 is 18.0 Å². The summed E-state index contributed by atoms with van der Waals surface area (Å²) in [4.78, 5) is 67.9. The number of amides is 3. The Labute approximate surface area is 295 Å². The van der Waals surface area contributed by atoms with E-state index in [1.54, 1.807) is 58.0 Å². The van der Waals surface area contributed by atoms with Crippen LogP contribution in [-0.2, 0) is 33.4 Å². The van der Waals surface area contributed by atoms with E-state index in [4.69, 9.17) is 14.2 Å². The predicted molar refractivity (Wildman–Crippen MR) is 187 cm³/mol. The van der Waals surface area contributed by atoms with Gasteiger partial charge in [-0.15, -0.1) is 11.8 Å². The second-order valence-electron chi connectivity index (χ2n) is 12.5. The lowest BCUT2D eigenvalue weighted by atomic mass is 9.99. The van der Waals surface area contributed by atoms with Gasteiger partial charge in [-0.05, 0) is 56.0 Å². The van der Waals surface area contributed by atoms with E-state index in [2.05, 4.69) is 10.6 Å². The lowest BCUT2D eigenvalue weighted by Crippen LogP contribution is -2.71. The van der Waals surface area contributed by atoms with Gasteiger partial charge < -0.3 is 24.8 Å². The molecule has 3 amide bonds. The fourth-order valence-corrected chi connectivity index (χ4v) is 6.79. The average Bonchev–Trinajstić information content (AvgIpc) is 3.10. The molecule has 12 heteroatoms. The summed E-state index contributed by atoms with van der Waals surface area (Å²) in [5.41, 5.74) is 1.48. The van der Waals surface area contributed by atoms with Crippen LogP contribution < -0.4 is 10.6 Å². The summed E-state index contributed by atoms with van der Waals surface area (Å²) in [5.74, 6) is -2.33. The molecule has 3 atom stereocenters. The fraction of sp³-hybridized carbons (Fsp3) is 0.289. The summed E-state index contributed by atoms with van der Waals surface area (Å²) in [6.07, 6.45) is 1.06. The van der Waals surface area contributed by atoms with E-state index in [0.29, 0.717) is 11.1 Å². The number of nitrogens with one attached hydrogen (secondary N) is 2. The molecule has 1 fully saturated rings. The number of hydrogen-bond donors (Lipinski definition) is 2. The highest BCUT2D eigenvalue weighted by atomic mass is 32.2. The van der Waals surface area contributed by atoms with Gasteiger partial charge in [-0.3, -0.25) is 14.5 Å². The van der Waals surface area contributed by atoms with E-state index in [9.17, 15) is 24.0 Å². The molecule has 5 rings (SSSR count). The topological polar surface area (TPSA) is 140 Å². The number of alkyl carbamates (subject to hydrolysis) is 1. The Morgan fingerprint density at radius 3 is 2.00 bits per heavy atom. The molecule has 0 aliphatic carbocycles. The zero-order valence-corrected chi connectivity index (χ0v) is 29.0. The van der Waals surface area contributed by atoms with Crippen LogP contribution in [0.4, 0.5) is 4.79 Å². The van der Waals surface area contributed by atoms with Crippen molar-refractivity contribution in [1.29, 1.82) is 0 Å². The monoisotopic (exact) mass is 697 g/mol. The number of carbonyl (C=O) groups excluding carboxylic acids is 5. The van der Waals surface area contributed by atoms with Crippen LogP contribution in [0.3, 0.4) is 0 Å². The number of ether oxygens (including phenoxy) is 3. The Kier molecular flexibility index (Phi) is 11.4. The molecule has 2 aliphatic rings. The number of carbonyl (C=O) groups is 5. The van der Waals surface area contributed by atoms with Gasteiger partial charge in [-0.1, -0.05) is 91.0 Å². The van der Waals surface area contributed by atoms with Crippen LogP contribution in [0.5, 0.6) is 0 Å². The minimum atomic E-state index is -1.16. The Hall–Kier alpha value is -5.36. The van der Waals surface area contributed by atoms with Gasteiger partial charge in [0, 0.05) is 11.8 Å². The summed E-state index contributed by atoms with van der Waals surface area (Å²) in [5, 5.41) is 4.72. The van der Waals surface area contributed by atoms with Crippen LogP contribution in [0.25, 0.3) is 0 Å². The van der Waals surface area contributed by atoms with Crippen LogP contribution in [-0.4, -0.2) is 64.1 Å². The largest absolute Gasteiger partial charge is 0.463 e. The second-order valence-corrected chi connectivity index (χ2v) is 13.6. The molecule has 2 N–H and O–H groups in total. The van der Waals surface area contributed by atoms with Crippen LogP contribution in [0.15, 0.2) is 114 Å².